The molecule has 0 spiro atoms. The van der Waals surface area contributed by atoms with Gasteiger partial charge >= 0.3 is 0 Å². The number of halogens is 1. The van der Waals surface area contributed by atoms with Gasteiger partial charge in [-0.25, -0.2) is 9.97 Å². The van der Waals surface area contributed by atoms with E-state index in [2.05, 4.69) is 20.6 Å². The first-order valence-electron chi connectivity index (χ1n) is 6.32. The lowest BCUT2D eigenvalue weighted by Gasteiger charge is -2.28. The fourth-order valence-corrected chi connectivity index (χ4v) is 2.60. The van der Waals surface area contributed by atoms with Crippen molar-refractivity contribution in [2.45, 2.75) is 31.8 Å². The van der Waals surface area contributed by atoms with E-state index in [1.807, 2.05) is 0 Å². The molecule has 2 unspecified atom stereocenters. The normalized spacial score (nSPS) is 23.7. The van der Waals surface area contributed by atoms with Crippen molar-refractivity contribution >= 4 is 23.1 Å². The van der Waals surface area contributed by atoms with Gasteiger partial charge < -0.3 is 15.7 Å². The van der Waals surface area contributed by atoms with Gasteiger partial charge in [0.1, 0.15) is 12.0 Å². The van der Waals surface area contributed by atoms with Gasteiger partial charge in [-0.1, -0.05) is 24.4 Å². The molecule has 2 atom stereocenters. The van der Waals surface area contributed by atoms with Crippen LogP contribution >= 0.6 is 11.6 Å². The smallest absolute Gasteiger partial charge is 0.157 e. The second-order valence-corrected chi connectivity index (χ2v) is 4.99. The molecule has 1 fully saturated rings. The molecule has 0 bridgehead atoms. The summed E-state index contributed by atoms with van der Waals surface area (Å²) in [4.78, 5) is 8.09. The molecule has 1 saturated carbocycles. The quantitative estimate of drug-likeness (QED) is 0.731. The predicted octanol–water partition coefficient (Wildman–Crippen LogP) is 2.13. The van der Waals surface area contributed by atoms with Crippen LogP contribution in [0.15, 0.2) is 6.33 Å². The Labute approximate surface area is 112 Å². The van der Waals surface area contributed by atoms with Crippen molar-refractivity contribution in [1.82, 2.24) is 9.97 Å². The summed E-state index contributed by atoms with van der Waals surface area (Å²) >= 11 is 5.98. The summed E-state index contributed by atoms with van der Waals surface area (Å²) in [6.07, 6.45) is 5.49. The topological polar surface area (TPSA) is 70.1 Å². The van der Waals surface area contributed by atoms with Crippen LogP contribution in [0.1, 0.15) is 25.7 Å². The van der Waals surface area contributed by atoms with Gasteiger partial charge in [0, 0.05) is 19.5 Å². The molecule has 1 aromatic rings. The lowest BCUT2D eigenvalue weighted by Crippen LogP contribution is -2.30. The Morgan fingerprint density at radius 2 is 2.17 bits per heavy atom. The third-order valence-electron chi connectivity index (χ3n) is 3.45. The summed E-state index contributed by atoms with van der Waals surface area (Å²) in [5.74, 6) is 0.979. The van der Waals surface area contributed by atoms with E-state index < -0.39 is 0 Å². The highest BCUT2D eigenvalue weighted by molar-refractivity contribution is 6.32. The first-order chi connectivity index (χ1) is 8.72. The number of anilines is 2. The van der Waals surface area contributed by atoms with Crippen LogP contribution in [-0.2, 0) is 0 Å². The molecule has 0 saturated heterocycles. The van der Waals surface area contributed by atoms with E-state index in [1.54, 1.807) is 7.05 Å². The average Bonchev–Trinajstić information content (AvgIpc) is 2.38. The molecule has 1 aliphatic rings. The van der Waals surface area contributed by atoms with E-state index in [1.165, 1.54) is 12.7 Å². The zero-order chi connectivity index (χ0) is 13.0. The monoisotopic (exact) mass is 270 g/mol. The van der Waals surface area contributed by atoms with E-state index in [9.17, 15) is 5.11 Å². The van der Waals surface area contributed by atoms with Gasteiger partial charge in [-0.3, -0.25) is 0 Å². The summed E-state index contributed by atoms with van der Waals surface area (Å²) in [7, 11) is 1.78. The zero-order valence-corrected chi connectivity index (χ0v) is 11.2. The highest BCUT2D eigenvalue weighted by atomic mass is 35.5. The Balaban J connectivity index is 1.99. The number of rotatable bonds is 4. The summed E-state index contributed by atoms with van der Waals surface area (Å²) in [5, 5.41) is 16.5. The fraction of sp³-hybridized carbons (Fsp3) is 0.667. The Bertz CT molecular complexity index is 402. The van der Waals surface area contributed by atoms with Crippen LogP contribution in [0.4, 0.5) is 11.5 Å². The van der Waals surface area contributed by atoms with Gasteiger partial charge in [-0.15, -0.1) is 0 Å². The molecular weight excluding hydrogens is 252 g/mol. The second kappa shape index (κ2) is 6.20. The average molecular weight is 271 g/mol. The molecule has 100 valence electrons. The molecule has 1 aromatic heterocycles. The molecule has 18 heavy (non-hydrogen) atoms. The molecular formula is C12H19ClN4O. The number of nitrogens with zero attached hydrogens (tertiary/aromatic N) is 2. The second-order valence-electron chi connectivity index (χ2n) is 4.63. The fourth-order valence-electron chi connectivity index (χ4n) is 2.37. The number of aliphatic hydroxyl groups excluding tert-OH is 1. The minimum atomic E-state index is -0.207. The third-order valence-corrected chi connectivity index (χ3v) is 3.74. The van der Waals surface area contributed by atoms with Crippen LogP contribution in [0.25, 0.3) is 0 Å². The predicted molar refractivity (Wildman–Crippen MR) is 73.0 cm³/mol. The van der Waals surface area contributed by atoms with Crippen molar-refractivity contribution in [3.63, 3.8) is 0 Å². The molecule has 5 nitrogen and oxygen atoms in total. The summed E-state index contributed by atoms with van der Waals surface area (Å²) < 4.78 is 0. The summed E-state index contributed by atoms with van der Waals surface area (Å²) in [6.45, 7) is 0.711. The largest absolute Gasteiger partial charge is 0.393 e. The number of nitrogens with one attached hydrogen (secondary N) is 2. The minimum Gasteiger partial charge on any atom is -0.393 e. The Kier molecular flexibility index (Phi) is 4.60. The number of hydrogen-bond donors (Lipinski definition) is 3. The molecule has 1 aliphatic carbocycles. The summed E-state index contributed by atoms with van der Waals surface area (Å²) in [5.41, 5.74) is 0.699. The van der Waals surface area contributed by atoms with Crippen molar-refractivity contribution in [1.29, 1.82) is 0 Å². The molecule has 2 rings (SSSR count). The van der Waals surface area contributed by atoms with Crippen molar-refractivity contribution < 1.29 is 5.11 Å². The van der Waals surface area contributed by atoms with Crippen molar-refractivity contribution in [3.8, 4) is 0 Å². The molecule has 0 amide bonds. The molecule has 0 aliphatic heterocycles. The molecule has 0 radical (unpaired) electrons. The Morgan fingerprint density at radius 1 is 1.39 bits per heavy atom. The molecule has 0 aromatic carbocycles. The van der Waals surface area contributed by atoms with Gasteiger partial charge in [0.2, 0.25) is 0 Å². The first-order valence-corrected chi connectivity index (χ1v) is 6.70. The van der Waals surface area contributed by atoms with Gasteiger partial charge in [-0.2, -0.15) is 0 Å². The third kappa shape index (κ3) is 3.03. The van der Waals surface area contributed by atoms with Crippen LogP contribution in [0.5, 0.6) is 0 Å². The van der Waals surface area contributed by atoms with E-state index in [-0.39, 0.29) is 12.0 Å². The first kappa shape index (κ1) is 13.4. The van der Waals surface area contributed by atoms with Crippen LogP contribution in [0.3, 0.4) is 0 Å². The van der Waals surface area contributed by atoms with Gasteiger partial charge in [0.05, 0.1) is 6.10 Å². The van der Waals surface area contributed by atoms with Crippen LogP contribution in [0.2, 0.25) is 5.15 Å². The number of hydrogen-bond acceptors (Lipinski definition) is 5. The standard InChI is InChI=1S/C12H19ClN4O/c1-14-10-11(13)16-7-17-12(10)15-6-8-4-2-3-5-9(8)18/h7-9,14,18H,2-6H2,1H3,(H,15,16,17). The number of aliphatic hydroxyl groups is 1. The van der Waals surface area contributed by atoms with E-state index in [0.29, 0.717) is 23.2 Å². The summed E-state index contributed by atoms with van der Waals surface area (Å²) in [6, 6.07) is 0. The Hall–Kier alpha value is -1.07. The Morgan fingerprint density at radius 3 is 2.89 bits per heavy atom. The highest BCUT2D eigenvalue weighted by Crippen LogP contribution is 2.28. The van der Waals surface area contributed by atoms with E-state index in [4.69, 9.17) is 11.6 Å². The zero-order valence-electron chi connectivity index (χ0n) is 10.5. The maximum Gasteiger partial charge on any atom is 0.157 e. The van der Waals surface area contributed by atoms with Crippen molar-refractivity contribution in [2.24, 2.45) is 5.92 Å². The lowest BCUT2D eigenvalue weighted by molar-refractivity contribution is 0.0763. The van der Waals surface area contributed by atoms with E-state index in [0.717, 1.165) is 19.3 Å². The van der Waals surface area contributed by atoms with Crippen molar-refractivity contribution in [2.75, 3.05) is 24.2 Å². The van der Waals surface area contributed by atoms with Gasteiger partial charge in [0.25, 0.3) is 0 Å². The maximum atomic E-state index is 9.91. The molecule has 1 heterocycles. The van der Waals surface area contributed by atoms with Gasteiger partial charge in [0.15, 0.2) is 11.0 Å². The van der Waals surface area contributed by atoms with Crippen LogP contribution < -0.4 is 10.6 Å². The highest BCUT2D eigenvalue weighted by Gasteiger charge is 2.23. The van der Waals surface area contributed by atoms with Crippen LogP contribution in [0, 0.1) is 5.92 Å². The molecule has 6 heteroatoms. The van der Waals surface area contributed by atoms with Crippen molar-refractivity contribution in [3.05, 3.63) is 11.5 Å². The lowest BCUT2D eigenvalue weighted by atomic mass is 9.86. The van der Waals surface area contributed by atoms with Crippen LogP contribution in [-0.4, -0.2) is 34.8 Å². The SMILES string of the molecule is CNc1c(Cl)ncnc1NCC1CCCCC1O. The number of aromatic nitrogens is 2. The minimum absolute atomic E-state index is 0.207. The van der Waals surface area contributed by atoms with Gasteiger partial charge in [-0.05, 0) is 12.8 Å². The maximum absolute atomic E-state index is 9.91. The molecule has 3 N–H and O–H groups in total. The van der Waals surface area contributed by atoms with E-state index >= 15 is 0 Å².